The largest absolute Gasteiger partial charge is 0.345 e. The predicted molar refractivity (Wildman–Crippen MR) is 120 cm³/mol. The summed E-state index contributed by atoms with van der Waals surface area (Å²) in [4.78, 5) is 12.9. The average molecular weight is 423 g/mol. The lowest BCUT2D eigenvalue weighted by Crippen LogP contribution is -2.28. The van der Waals surface area contributed by atoms with E-state index >= 15 is 0 Å². The Morgan fingerprint density at radius 3 is 2.10 bits per heavy atom. The molecule has 3 aromatic rings. The van der Waals surface area contributed by atoms with Gasteiger partial charge in [-0.05, 0) is 55.3 Å². The number of benzene rings is 3. The summed E-state index contributed by atoms with van der Waals surface area (Å²) in [6, 6.07) is 22.9. The molecule has 0 saturated carbocycles. The summed E-state index contributed by atoms with van der Waals surface area (Å²) in [5, 5.41) is 3.05. The van der Waals surface area contributed by atoms with Crippen LogP contribution >= 0.6 is 0 Å². The fourth-order valence-electron chi connectivity index (χ4n) is 3.17. The molecule has 0 heterocycles. The number of hydrogen-bond donors (Lipinski definition) is 1. The first-order valence-corrected chi connectivity index (χ1v) is 11.3. The SMILES string of the molecule is CC[C@H](NC(=O)c1ccc(N(C)S(=O)(=O)c2ccccc2)cc1)c1ccc(C)cc1. The summed E-state index contributed by atoms with van der Waals surface area (Å²) < 4.78 is 26.7. The van der Waals surface area contributed by atoms with E-state index < -0.39 is 10.0 Å². The Morgan fingerprint density at radius 2 is 1.53 bits per heavy atom. The van der Waals surface area contributed by atoms with Crippen molar-refractivity contribution in [1.29, 1.82) is 0 Å². The topological polar surface area (TPSA) is 66.5 Å². The zero-order valence-electron chi connectivity index (χ0n) is 17.4. The number of carbonyl (C=O) groups is 1. The van der Waals surface area contributed by atoms with Crippen LogP contribution in [0.4, 0.5) is 5.69 Å². The summed E-state index contributed by atoms with van der Waals surface area (Å²) in [7, 11) is -2.15. The molecule has 156 valence electrons. The molecule has 0 aliphatic heterocycles. The maximum absolute atomic E-state index is 12.8. The van der Waals surface area contributed by atoms with Crippen molar-refractivity contribution in [3.8, 4) is 0 Å². The molecule has 3 rings (SSSR count). The fraction of sp³-hybridized carbons (Fsp3) is 0.208. The monoisotopic (exact) mass is 422 g/mol. The van der Waals surface area contributed by atoms with Crippen LogP contribution in [0.25, 0.3) is 0 Å². The smallest absolute Gasteiger partial charge is 0.264 e. The number of rotatable bonds is 7. The summed E-state index contributed by atoms with van der Waals surface area (Å²) in [6.45, 7) is 4.05. The number of carbonyl (C=O) groups excluding carboxylic acids is 1. The van der Waals surface area contributed by atoms with Crippen molar-refractivity contribution in [2.24, 2.45) is 0 Å². The van der Waals surface area contributed by atoms with Crippen molar-refractivity contribution >= 4 is 21.6 Å². The summed E-state index contributed by atoms with van der Waals surface area (Å²) >= 11 is 0. The third kappa shape index (κ3) is 4.71. The van der Waals surface area contributed by atoms with Gasteiger partial charge < -0.3 is 5.32 Å². The Hall–Kier alpha value is -3.12. The van der Waals surface area contributed by atoms with E-state index in [1.807, 2.05) is 38.1 Å². The van der Waals surface area contributed by atoms with Gasteiger partial charge in [0, 0.05) is 12.6 Å². The molecule has 1 amide bonds. The number of aryl methyl sites for hydroxylation is 1. The van der Waals surface area contributed by atoms with Crippen LogP contribution in [0.15, 0.2) is 83.8 Å². The van der Waals surface area contributed by atoms with Gasteiger partial charge in [-0.2, -0.15) is 0 Å². The number of nitrogens with one attached hydrogen (secondary N) is 1. The molecule has 0 bridgehead atoms. The van der Waals surface area contributed by atoms with E-state index in [4.69, 9.17) is 0 Å². The normalized spacial score (nSPS) is 12.2. The molecular weight excluding hydrogens is 396 g/mol. The third-order valence-corrected chi connectivity index (χ3v) is 6.89. The maximum atomic E-state index is 12.8. The van der Waals surface area contributed by atoms with Crippen molar-refractivity contribution in [3.05, 3.63) is 95.6 Å². The van der Waals surface area contributed by atoms with Crippen molar-refractivity contribution in [2.75, 3.05) is 11.4 Å². The van der Waals surface area contributed by atoms with E-state index in [1.165, 1.54) is 16.9 Å². The third-order valence-electron chi connectivity index (χ3n) is 5.09. The summed E-state index contributed by atoms with van der Waals surface area (Å²) in [5.41, 5.74) is 3.20. The minimum Gasteiger partial charge on any atom is -0.345 e. The molecular formula is C24H26N2O3S. The van der Waals surface area contributed by atoms with Gasteiger partial charge in [0.15, 0.2) is 0 Å². The molecule has 5 nitrogen and oxygen atoms in total. The van der Waals surface area contributed by atoms with Crippen molar-refractivity contribution in [2.45, 2.75) is 31.2 Å². The summed E-state index contributed by atoms with van der Waals surface area (Å²) in [5.74, 6) is -0.192. The predicted octanol–water partition coefficient (Wildman–Crippen LogP) is 4.70. The van der Waals surface area contributed by atoms with Gasteiger partial charge in [-0.3, -0.25) is 9.10 Å². The zero-order valence-corrected chi connectivity index (χ0v) is 18.2. The van der Waals surface area contributed by atoms with Crippen LogP contribution in [-0.2, 0) is 10.0 Å². The fourth-order valence-corrected chi connectivity index (χ4v) is 4.39. The van der Waals surface area contributed by atoms with Gasteiger partial charge in [-0.15, -0.1) is 0 Å². The van der Waals surface area contributed by atoms with Crippen molar-refractivity contribution < 1.29 is 13.2 Å². The van der Waals surface area contributed by atoms with Gasteiger partial charge in [0.25, 0.3) is 15.9 Å². The van der Waals surface area contributed by atoms with E-state index in [0.29, 0.717) is 11.3 Å². The van der Waals surface area contributed by atoms with Crippen molar-refractivity contribution in [3.63, 3.8) is 0 Å². The average Bonchev–Trinajstić information content (AvgIpc) is 2.78. The lowest BCUT2D eigenvalue weighted by Gasteiger charge is -2.20. The van der Waals surface area contributed by atoms with Crippen LogP contribution in [-0.4, -0.2) is 21.4 Å². The number of nitrogens with zero attached hydrogens (tertiary/aromatic N) is 1. The molecule has 30 heavy (non-hydrogen) atoms. The van der Waals surface area contributed by atoms with Gasteiger partial charge in [0.05, 0.1) is 16.6 Å². The molecule has 0 aliphatic carbocycles. The lowest BCUT2D eigenvalue weighted by atomic mass is 10.0. The maximum Gasteiger partial charge on any atom is 0.264 e. The van der Waals surface area contributed by atoms with Gasteiger partial charge in [-0.25, -0.2) is 8.42 Å². The zero-order chi connectivity index (χ0) is 21.7. The highest BCUT2D eigenvalue weighted by Gasteiger charge is 2.21. The highest BCUT2D eigenvalue weighted by atomic mass is 32.2. The quantitative estimate of drug-likeness (QED) is 0.600. The first kappa shape index (κ1) is 21.6. The Morgan fingerprint density at radius 1 is 0.933 bits per heavy atom. The Bertz CT molecular complexity index is 1090. The first-order valence-electron chi connectivity index (χ1n) is 9.84. The lowest BCUT2D eigenvalue weighted by molar-refractivity contribution is 0.0935. The molecule has 0 aromatic heterocycles. The number of amides is 1. The number of anilines is 1. The van der Waals surface area contributed by atoms with Crippen LogP contribution in [0.2, 0.25) is 0 Å². The molecule has 0 unspecified atom stereocenters. The Kier molecular flexibility index (Phi) is 6.57. The van der Waals surface area contributed by atoms with Gasteiger partial charge >= 0.3 is 0 Å². The van der Waals surface area contributed by atoms with Crippen LogP contribution in [0.3, 0.4) is 0 Å². The Labute approximate surface area is 178 Å². The first-order chi connectivity index (χ1) is 14.3. The minimum absolute atomic E-state index is 0.0843. The highest BCUT2D eigenvalue weighted by molar-refractivity contribution is 7.92. The van der Waals surface area contributed by atoms with E-state index in [1.54, 1.807) is 54.6 Å². The van der Waals surface area contributed by atoms with E-state index in [0.717, 1.165) is 12.0 Å². The van der Waals surface area contributed by atoms with E-state index in [2.05, 4.69) is 5.32 Å². The van der Waals surface area contributed by atoms with Crippen molar-refractivity contribution in [1.82, 2.24) is 5.32 Å². The van der Waals surface area contributed by atoms with E-state index in [9.17, 15) is 13.2 Å². The second kappa shape index (κ2) is 9.13. The van der Waals surface area contributed by atoms with Crippen LogP contribution in [0.5, 0.6) is 0 Å². The van der Waals surface area contributed by atoms with Gasteiger partial charge in [0.1, 0.15) is 0 Å². The molecule has 6 heteroatoms. The minimum atomic E-state index is -3.65. The molecule has 1 N–H and O–H groups in total. The molecule has 0 spiro atoms. The number of hydrogen-bond acceptors (Lipinski definition) is 3. The standard InChI is InChI=1S/C24H26N2O3S/c1-4-23(19-12-10-18(2)11-13-19)25-24(27)20-14-16-21(17-15-20)26(3)30(28,29)22-8-6-5-7-9-22/h5-17,23H,4H2,1-3H3,(H,25,27)/t23-/m0/s1. The molecule has 0 radical (unpaired) electrons. The Balaban J connectivity index is 1.74. The molecule has 0 aliphatic rings. The molecule has 0 fully saturated rings. The summed E-state index contributed by atoms with van der Waals surface area (Å²) in [6.07, 6.45) is 0.769. The molecule has 3 aromatic carbocycles. The van der Waals surface area contributed by atoms with Crippen LogP contribution < -0.4 is 9.62 Å². The van der Waals surface area contributed by atoms with Crippen LogP contribution in [0.1, 0.15) is 40.9 Å². The van der Waals surface area contributed by atoms with Gasteiger partial charge in [-0.1, -0.05) is 55.0 Å². The van der Waals surface area contributed by atoms with Gasteiger partial charge in [0.2, 0.25) is 0 Å². The van der Waals surface area contributed by atoms with Crippen LogP contribution in [0, 0.1) is 6.92 Å². The molecule has 1 atom stereocenters. The second-order valence-electron chi connectivity index (χ2n) is 7.18. The second-order valence-corrected chi connectivity index (χ2v) is 9.15. The highest BCUT2D eigenvalue weighted by Crippen LogP contribution is 2.23. The van der Waals surface area contributed by atoms with E-state index in [-0.39, 0.29) is 16.8 Å². The molecule has 0 saturated heterocycles. The number of sulfonamides is 1.